The topological polar surface area (TPSA) is 38.9 Å². The van der Waals surface area contributed by atoms with E-state index in [0.717, 1.165) is 5.56 Å². The van der Waals surface area contributed by atoms with Crippen molar-refractivity contribution in [3.05, 3.63) is 48.9 Å². The Bertz CT molecular complexity index is 587. The molecule has 0 amide bonds. The summed E-state index contributed by atoms with van der Waals surface area (Å²) in [4.78, 5) is 0. The Hall–Kier alpha value is -2.16. The van der Waals surface area contributed by atoms with Crippen molar-refractivity contribution in [2.24, 2.45) is 0 Å². The third-order valence-electron chi connectivity index (χ3n) is 2.36. The predicted molar refractivity (Wildman–Crippen MR) is 57.2 cm³/mol. The maximum atomic E-state index is 5.15. The molecule has 2 aromatic carbocycles. The summed E-state index contributed by atoms with van der Waals surface area (Å²) < 4.78 is 5.15. The molecule has 1 aromatic heterocycles. The van der Waals surface area contributed by atoms with Crippen molar-refractivity contribution in [2.45, 2.75) is 0 Å². The van der Waals surface area contributed by atoms with Gasteiger partial charge in [-0.2, -0.15) is 0 Å². The third-order valence-corrected chi connectivity index (χ3v) is 2.36. The molecular weight excluding hydrogens is 188 g/mol. The number of benzene rings is 2. The lowest BCUT2D eigenvalue weighted by Gasteiger charge is -1.98. The van der Waals surface area contributed by atoms with Gasteiger partial charge < -0.3 is 4.42 Å². The van der Waals surface area contributed by atoms with E-state index in [-0.39, 0.29) is 0 Å². The fraction of sp³-hybridized carbons (Fsp3) is 0. The van der Waals surface area contributed by atoms with Crippen LogP contribution in [0.2, 0.25) is 0 Å². The van der Waals surface area contributed by atoms with Gasteiger partial charge in [-0.3, -0.25) is 0 Å². The number of rotatable bonds is 1. The number of fused-ring (bicyclic) bond motifs is 1. The second kappa shape index (κ2) is 3.20. The first kappa shape index (κ1) is 8.17. The van der Waals surface area contributed by atoms with Crippen LogP contribution in [0.15, 0.2) is 53.3 Å². The maximum Gasteiger partial charge on any atom is 0.247 e. The van der Waals surface area contributed by atoms with Crippen LogP contribution in [0.25, 0.3) is 22.2 Å². The maximum absolute atomic E-state index is 5.15. The van der Waals surface area contributed by atoms with E-state index in [1.54, 1.807) is 0 Å². The summed E-state index contributed by atoms with van der Waals surface area (Å²) >= 11 is 0. The molecule has 3 heteroatoms. The lowest BCUT2D eigenvalue weighted by molar-refractivity contribution is 0.569. The van der Waals surface area contributed by atoms with Crippen molar-refractivity contribution >= 4 is 10.8 Å². The van der Waals surface area contributed by atoms with Crippen LogP contribution in [0, 0.1) is 0 Å². The molecule has 0 fully saturated rings. The molecule has 0 aliphatic rings. The zero-order chi connectivity index (χ0) is 10.1. The molecule has 0 atom stereocenters. The fourth-order valence-corrected chi connectivity index (χ4v) is 1.62. The van der Waals surface area contributed by atoms with E-state index in [1.165, 1.54) is 17.2 Å². The highest BCUT2D eigenvalue weighted by molar-refractivity contribution is 5.86. The van der Waals surface area contributed by atoms with Gasteiger partial charge in [0.15, 0.2) is 0 Å². The Balaban J connectivity index is 2.22. The molecule has 0 spiro atoms. The molecule has 0 aliphatic heterocycles. The fourth-order valence-electron chi connectivity index (χ4n) is 1.62. The van der Waals surface area contributed by atoms with Crippen molar-refractivity contribution in [3.8, 4) is 11.5 Å². The van der Waals surface area contributed by atoms with E-state index in [4.69, 9.17) is 4.42 Å². The van der Waals surface area contributed by atoms with E-state index in [2.05, 4.69) is 28.4 Å². The van der Waals surface area contributed by atoms with Gasteiger partial charge in [0.25, 0.3) is 0 Å². The Labute approximate surface area is 86.4 Å². The van der Waals surface area contributed by atoms with Crippen molar-refractivity contribution < 1.29 is 4.42 Å². The average Bonchev–Trinajstić information content (AvgIpc) is 2.82. The van der Waals surface area contributed by atoms with Crippen LogP contribution in [-0.4, -0.2) is 10.2 Å². The zero-order valence-corrected chi connectivity index (χ0v) is 7.92. The monoisotopic (exact) mass is 196 g/mol. The third kappa shape index (κ3) is 1.38. The van der Waals surface area contributed by atoms with Crippen molar-refractivity contribution in [2.75, 3.05) is 0 Å². The molecule has 0 radical (unpaired) electrons. The first-order valence-corrected chi connectivity index (χ1v) is 4.69. The van der Waals surface area contributed by atoms with Crippen LogP contribution < -0.4 is 0 Å². The lowest BCUT2D eigenvalue weighted by atomic mass is 10.1. The molecule has 72 valence electrons. The molecule has 0 saturated heterocycles. The molecule has 15 heavy (non-hydrogen) atoms. The number of nitrogens with zero attached hydrogens (tertiary/aromatic N) is 2. The Kier molecular flexibility index (Phi) is 1.75. The minimum Gasteiger partial charge on any atom is -0.423 e. The summed E-state index contributed by atoms with van der Waals surface area (Å²) in [5.41, 5.74) is 0.950. The normalized spacial score (nSPS) is 10.7. The smallest absolute Gasteiger partial charge is 0.247 e. The Morgan fingerprint density at radius 3 is 2.60 bits per heavy atom. The van der Waals surface area contributed by atoms with E-state index in [9.17, 15) is 0 Å². The van der Waals surface area contributed by atoms with Gasteiger partial charge in [0.05, 0.1) is 0 Å². The van der Waals surface area contributed by atoms with E-state index >= 15 is 0 Å². The highest BCUT2D eigenvalue weighted by Crippen LogP contribution is 2.22. The number of hydrogen-bond acceptors (Lipinski definition) is 3. The first-order valence-electron chi connectivity index (χ1n) is 4.69. The number of aromatic nitrogens is 2. The van der Waals surface area contributed by atoms with Gasteiger partial charge in [0, 0.05) is 5.56 Å². The minimum absolute atomic E-state index is 0.556. The molecule has 3 rings (SSSR count). The van der Waals surface area contributed by atoms with Crippen LogP contribution in [0.5, 0.6) is 0 Å². The largest absolute Gasteiger partial charge is 0.423 e. The van der Waals surface area contributed by atoms with Gasteiger partial charge in [-0.25, -0.2) is 0 Å². The molecule has 0 N–H and O–H groups in total. The molecule has 3 nitrogen and oxygen atoms in total. The average molecular weight is 196 g/mol. The van der Waals surface area contributed by atoms with Crippen molar-refractivity contribution in [1.29, 1.82) is 0 Å². The van der Waals surface area contributed by atoms with Crippen LogP contribution >= 0.6 is 0 Å². The summed E-state index contributed by atoms with van der Waals surface area (Å²) in [6.07, 6.45) is 1.34. The number of hydrogen-bond donors (Lipinski definition) is 0. The zero-order valence-electron chi connectivity index (χ0n) is 7.92. The van der Waals surface area contributed by atoms with Gasteiger partial charge >= 0.3 is 0 Å². The molecular formula is C12H8N2O. The lowest BCUT2D eigenvalue weighted by Crippen LogP contribution is -1.78. The molecule has 0 unspecified atom stereocenters. The Morgan fingerprint density at radius 1 is 0.933 bits per heavy atom. The quantitative estimate of drug-likeness (QED) is 0.600. The van der Waals surface area contributed by atoms with Crippen molar-refractivity contribution in [1.82, 2.24) is 10.2 Å². The van der Waals surface area contributed by atoms with Crippen molar-refractivity contribution in [3.63, 3.8) is 0 Å². The predicted octanol–water partition coefficient (Wildman–Crippen LogP) is 2.89. The van der Waals surface area contributed by atoms with E-state index < -0.39 is 0 Å². The van der Waals surface area contributed by atoms with E-state index in [1.807, 2.05) is 24.3 Å². The van der Waals surface area contributed by atoms with Gasteiger partial charge in [-0.05, 0) is 22.9 Å². The first-order chi connectivity index (χ1) is 7.43. The minimum atomic E-state index is 0.556. The second-order valence-electron chi connectivity index (χ2n) is 3.31. The molecule has 0 saturated carbocycles. The standard InChI is InChI=1S/C12H8N2O/c1-2-4-10-7-11(6-5-9(10)3-1)12-14-13-8-15-12/h1-8H. The van der Waals surface area contributed by atoms with Crippen LogP contribution in [-0.2, 0) is 0 Å². The van der Waals surface area contributed by atoms with Gasteiger partial charge in [-0.15, -0.1) is 10.2 Å². The summed E-state index contributed by atoms with van der Waals surface area (Å²) in [6.45, 7) is 0. The molecule has 0 aliphatic carbocycles. The summed E-state index contributed by atoms with van der Waals surface area (Å²) in [6, 6.07) is 14.3. The molecule has 1 heterocycles. The SMILES string of the molecule is c1ccc2cc(-c3nnco3)ccc2c1. The van der Waals surface area contributed by atoms with Gasteiger partial charge in [0.2, 0.25) is 12.3 Å². The summed E-state index contributed by atoms with van der Waals surface area (Å²) in [7, 11) is 0. The molecule has 3 aromatic rings. The molecule has 0 bridgehead atoms. The van der Waals surface area contributed by atoms with Crippen LogP contribution in [0.4, 0.5) is 0 Å². The van der Waals surface area contributed by atoms with Crippen LogP contribution in [0.3, 0.4) is 0 Å². The summed E-state index contributed by atoms with van der Waals surface area (Å²) in [5, 5.41) is 9.92. The van der Waals surface area contributed by atoms with Gasteiger partial charge in [0.1, 0.15) is 0 Å². The Morgan fingerprint density at radius 2 is 1.80 bits per heavy atom. The van der Waals surface area contributed by atoms with E-state index in [0.29, 0.717) is 5.89 Å². The van der Waals surface area contributed by atoms with Gasteiger partial charge in [-0.1, -0.05) is 30.3 Å². The van der Waals surface area contributed by atoms with Crippen LogP contribution in [0.1, 0.15) is 0 Å². The summed E-state index contributed by atoms with van der Waals surface area (Å²) in [5.74, 6) is 0.556. The highest BCUT2D eigenvalue weighted by atomic mass is 16.4. The second-order valence-corrected chi connectivity index (χ2v) is 3.31. The highest BCUT2D eigenvalue weighted by Gasteiger charge is 2.03.